The molecule has 0 aromatic carbocycles. The summed E-state index contributed by atoms with van der Waals surface area (Å²) in [6.07, 6.45) is 6.37. The molecule has 2 saturated heterocycles. The fourth-order valence-corrected chi connectivity index (χ4v) is 4.05. The fourth-order valence-electron chi connectivity index (χ4n) is 4.05. The summed E-state index contributed by atoms with van der Waals surface area (Å²) in [6, 6.07) is 3.80. The molecule has 3 rings (SSSR count). The number of carbonyl (C=O) groups is 1. The highest BCUT2D eigenvalue weighted by atomic mass is 16.2. The summed E-state index contributed by atoms with van der Waals surface area (Å²) >= 11 is 0. The third kappa shape index (κ3) is 3.38. The molecule has 2 aliphatic rings. The standard InChI is InChI=1S/C18H28N4O2/c1-3-4-13-22-17(23)10-9-14(19-22)18(24)21-12-6-8-16(21)15-7-5-11-20(15)2/h9-10,15-16H,3-8,11-13H2,1-2H3/t15-,16+/m0/s1. The van der Waals surface area contributed by atoms with Gasteiger partial charge in [0.05, 0.1) is 0 Å². The molecule has 0 bridgehead atoms. The number of amides is 1. The average molecular weight is 332 g/mol. The van der Waals surface area contributed by atoms with Crippen LogP contribution in [-0.2, 0) is 6.54 Å². The Morgan fingerprint density at radius 1 is 1.21 bits per heavy atom. The third-order valence-electron chi connectivity index (χ3n) is 5.39. The van der Waals surface area contributed by atoms with Crippen molar-refractivity contribution in [3.63, 3.8) is 0 Å². The Kier molecular flexibility index (Phi) is 5.33. The van der Waals surface area contributed by atoms with E-state index in [1.807, 2.05) is 4.90 Å². The van der Waals surface area contributed by atoms with Crippen LogP contribution < -0.4 is 5.56 Å². The Labute approximate surface area is 143 Å². The second-order valence-corrected chi connectivity index (χ2v) is 7.03. The van der Waals surface area contributed by atoms with Gasteiger partial charge in [0.1, 0.15) is 5.69 Å². The second-order valence-electron chi connectivity index (χ2n) is 7.03. The van der Waals surface area contributed by atoms with E-state index in [2.05, 4.69) is 24.0 Å². The summed E-state index contributed by atoms with van der Waals surface area (Å²) in [5.41, 5.74) is 0.270. The highest BCUT2D eigenvalue weighted by Gasteiger charge is 2.39. The number of aryl methyl sites for hydroxylation is 1. The van der Waals surface area contributed by atoms with Crippen LogP contribution in [0.5, 0.6) is 0 Å². The van der Waals surface area contributed by atoms with E-state index in [-0.39, 0.29) is 17.5 Å². The predicted molar refractivity (Wildman–Crippen MR) is 93.1 cm³/mol. The van der Waals surface area contributed by atoms with Crippen molar-refractivity contribution in [2.24, 2.45) is 0 Å². The van der Waals surface area contributed by atoms with Crippen molar-refractivity contribution in [3.8, 4) is 0 Å². The van der Waals surface area contributed by atoms with E-state index in [1.54, 1.807) is 6.07 Å². The van der Waals surface area contributed by atoms with Gasteiger partial charge in [-0.2, -0.15) is 5.10 Å². The number of nitrogens with zero attached hydrogens (tertiary/aromatic N) is 4. The molecule has 2 aliphatic heterocycles. The fraction of sp³-hybridized carbons (Fsp3) is 0.722. The molecule has 0 unspecified atom stereocenters. The van der Waals surface area contributed by atoms with Gasteiger partial charge in [0.15, 0.2) is 0 Å². The van der Waals surface area contributed by atoms with E-state index in [0.29, 0.717) is 18.3 Å². The highest BCUT2D eigenvalue weighted by Crippen LogP contribution is 2.29. The van der Waals surface area contributed by atoms with Gasteiger partial charge in [-0.1, -0.05) is 13.3 Å². The maximum absolute atomic E-state index is 13.0. The zero-order valence-electron chi connectivity index (χ0n) is 14.8. The van der Waals surface area contributed by atoms with E-state index in [4.69, 9.17) is 0 Å². The van der Waals surface area contributed by atoms with Crippen molar-refractivity contribution in [2.45, 2.75) is 64.1 Å². The van der Waals surface area contributed by atoms with Crippen molar-refractivity contribution in [3.05, 3.63) is 28.2 Å². The summed E-state index contributed by atoms with van der Waals surface area (Å²) in [5, 5.41) is 4.33. The van der Waals surface area contributed by atoms with Crippen LogP contribution in [0.25, 0.3) is 0 Å². The Balaban J connectivity index is 1.79. The van der Waals surface area contributed by atoms with Crippen LogP contribution in [0.15, 0.2) is 16.9 Å². The van der Waals surface area contributed by atoms with Gasteiger partial charge in [-0.25, -0.2) is 4.68 Å². The van der Waals surface area contributed by atoms with Crippen molar-refractivity contribution < 1.29 is 4.79 Å². The number of likely N-dealkylation sites (N-methyl/N-ethyl adjacent to an activating group) is 1. The van der Waals surface area contributed by atoms with E-state index >= 15 is 0 Å². The third-order valence-corrected chi connectivity index (χ3v) is 5.39. The largest absolute Gasteiger partial charge is 0.333 e. The molecule has 24 heavy (non-hydrogen) atoms. The molecular weight excluding hydrogens is 304 g/mol. The first-order valence-corrected chi connectivity index (χ1v) is 9.21. The highest BCUT2D eigenvalue weighted by molar-refractivity contribution is 5.92. The minimum absolute atomic E-state index is 0.0250. The van der Waals surface area contributed by atoms with Gasteiger partial charge in [-0.3, -0.25) is 9.59 Å². The summed E-state index contributed by atoms with van der Waals surface area (Å²) in [4.78, 5) is 29.3. The Bertz CT molecular complexity index is 642. The molecule has 0 saturated carbocycles. The van der Waals surface area contributed by atoms with Crippen LogP contribution in [0.3, 0.4) is 0 Å². The molecule has 1 amide bonds. The molecule has 2 fully saturated rings. The lowest BCUT2D eigenvalue weighted by Gasteiger charge is -2.33. The van der Waals surface area contributed by atoms with Crippen LogP contribution in [0.4, 0.5) is 0 Å². The molecular formula is C18H28N4O2. The normalized spacial score (nSPS) is 24.7. The first-order valence-electron chi connectivity index (χ1n) is 9.21. The Morgan fingerprint density at radius 3 is 2.67 bits per heavy atom. The maximum Gasteiger partial charge on any atom is 0.274 e. The lowest BCUT2D eigenvalue weighted by atomic mass is 10.0. The molecule has 0 radical (unpaired) electrons. The van der Waals surface area contributed by atoms with Gasteiger partial charge >= 0.3 is 0 Å². The van der Waals surface area contributed by atoms with Gasteiger partial charge in [-0.05, 0) is 51.8 Å². The minimum Gasteiger partial charge on any atom is -0.333 e. The lowest BCUT2D eigenvalue weighted by molar-refractivity contribution is 0.0655. The first-order chi connectivity index (χ1) is 11.6. The first kappa shape index (κ1) is 17.1. The molecule has 0 N–H and O–H groups in total. The summed E-state index contributed by atoms with van der Waals surface area (Å²) in [6.45, 7) is 4.56. The molecule has 0 aliphatic carbocycles. The lowest BCUT2D eigenvalue weighted by Crippen LogP contribution is -2.47. The van der Waals surface area contributed by atoms with Crippen LogP contribution >= 0.6 is 0 Å². The number of aromatic nitrogens is 2. The van der Waals surface area contributed by atoms with Crippen LogP contribution in [0.1, 0.15) is 55.9 Å². The quantitative estimate of drug-likeness (QED) is 0.824. The molecule has 3 heterocycles. The summed E-state index contributed by atoms with van der Waals surface area (Å²) in [5.74, 6) is -0.0250. The SMILES string of the molecule is CCCCn1nc(C(=O)N2CCC[C@@H]2[C@@H]2CCCN2C)ccc1=O. The van der Waals surface area contributed by atoms with Crippen LogP contribution in [-0.4, -0.2) is 57.7 Å². The average Bonchev–Trinajstić information content (AvgIpc) is 3.21. The second kappa shape index (κ2) is 7.47. The number of unbranched alkanes of at least 4 members (excludes halogenated alkanes) is 1. The molecule has 6 nitrogen and oxygen atoms in total. The Morgan fingerprint density at radius 2 is 1.96 bits per heavy atom. The van der Waals surface area contributed by atoms with Gasteiger partial charge in [0, 0.05) is 31.2 Å². The number of carbonyl (C=O) groups excluding carboxylic acids is 1. The number of hydrogen-bond donors (Lipinski definition) is 0. The van der Waals surface area contributed by atoms with Crippen molar-refractivity contribution in [1.29, 1.82) is 0 Å². The molecule has 6 heteroatoms. The smallest absolute Gasteiger partial charge is 0.274 e. The van der Waals surface area contributed by atoms with E-state index in [9.17, 15) is 9.59 Å². The van der Waals surface area contributed by atoms with Crippen LogP contribution in [0.2, 0.25) is 0 Å². The monoisotopic (exact) mass is 332 g/mol. The Hall–Kier alpha value is -1.69. The number of likely N-dealkylation sites (tertiary alicyclic amines) is 2. The topological polar surface area (TPSA) is 58.4 Å². The van der Waals surface area contributed by atoms with Crippen LogP contribution in [0, 0.1) is 0 Å². The van der Waals surface area contributed by atoms with Gasteiger partial charge in [0.25, 0.3) is 11.5 Å². The summed E-state index contributed by atoms with van der Waals surface area (Å²) in [7, 11) is 2.15. The predicted octanol–water partition coefficient (Wildman–Crippen LogP) is 1.74. The van der Waals surface area contributed by atoms with Gasteiger partial charge < -0.3 is 9.80 Å². The maximum atomic E-state index is 13.0. The number of rotatable bonds is 5. The van der Waals surface area contributed by atoms with E-state index in [1.165, 1.54) is 17.2 Å². The molecule has 2 atom stereocenters. The van der Waals surface area contributed by atoms with Gasteiger partial charge in [-0.15, -0.1) is 0 Å². The zero-order chi connectivity index (χ0) is 17.1. The molecule has 1 aromatic rings. The van der Waals surface area contributed by atoms with E-state index in [0.717, 1.165) is 45.2 Å². The number of hydrogen-bond acceptors (Lipinski definition) is 4. The zero-order valence-corrected chi connectivity index (χ0v) is 14.8. The van der Waals surface area contributed by atoms with Crippen molar-refractivity contribution >= 4 is 5.91 Å². The molecule has 132 valence electrons. The molecule has 0 spiro atoms. The van der Waals surface area contributed by atoms with E-state index < -0.39 is 0 Å². The van der Waals surface area contributed by atoms with Gasteiger partial charge in [0.2, 0.25) is 0 Å². The van der Waals surface area contributed by atoms with Crippen molar-refractivity contribution in [2.75, 3.05) is 20.1 Å². The van der Waals surface area contributed by atoms with Crippen molar-refractivity contribution in [1.82, 2.24) is 19.6 Å². The molecule has 1 aromatic heterocycles. The summed E-state index contributed by atoms with van der Waals surface area (Å²) < 4.78 is 1.43. The minimum atomic E-state index is -0.131.